The van der Waals surface area contributed by atoms with Crippen LogP contribution < -0.4 is 10.6 Å². The molecule has 2 saturated heterocycles. The molecule has 0 aliphatic carbocycles. The van der Waals surface area contributed by atoms with Crippen molar-refractivity contribution in [1.29, 1.82) is 0 Å². The molecule has 2 amide bonds. The van der Waals surface area contributed by atoms with E-state index in [4.69, 9.17) is 74.5 Å². The van der Waals surface area contributed by atoms with Crippen molar-refractivity contribution >= 4 is 108 Å². The first-order valence-corrected chi connectivity index (χ1v) is 21.4. The van der Waals surface area contributed by atoms with Crippen molar-refractivity contribution in [2.45, 2.75) is 96.6 Å². The molecule has 22 heteroatoms. The van der Waals surface area contributed by atoms with Crippen LogP contribution in [-0.2, 0) is 56.9 Å². The number of amides is 2. The summed E-state index contributed by atoms with van der Waals surface area (Å²) in [5, 5.41) is 6.17. The van der Waals surface area contributed by atoms with Gasteiger partial charge in [0.05, 0.1) is 40.9 Å². The molecule has 2 aliphatic heterocycles. The van der Waals surface area contributed by atoms with Crippen molar-refractivity contribution in [1.82, 2.24) is 10.6 Å². The quantitative estimate of drug-likeness (QED) is 0.0649. The van der Waals surface area contributed by atoms with Crippen LogP contribution >= 0.6 is 46.4 Å². The number of benzene rings is 2. The summed E-state index contributed by atoms with van der Waals surface area (Å²) in [7, 11) is -2.65. The summed E-state index contributed by atoms with van der Waals surface area (Å²) in [6.07, 6.45) is -3.73. The summed E-state index contributed by atoms with van der Waals surface area (Å²) in [6.45, 7) is 6.21. The second-order valence-electron chi connectivity index (χ2n) is 15.5. The number of carbonyl (C=O) groups is 8. The average molecular weight is 942 g/mol. The summed E-state index contributed by atoms with van der Waals surface area (Å²) >= 11 is 24.2. The van der Waals surface area contributed by atoms with E-state index in [9.17, 15) is 38.4 Å². The SMILES string of the molecule is CC(C)C[C@H](CC(=O)CNC(=O)c1cc(Cl)ccc1Cl)B1OC(=O)C[C@@H](C(=O)OCCOC(=O)[C@@H]2CC(=O)OB([C@H](CC(C)C)NC(=O)CCC(=O)c3cc(Cl)ccc3Cl)O2)O1. The number of carbonyl (C=O) groups excluding carboxylic acids is 8. The lowest BCUT2D eigenvalue weighted by Crippen LogP contribution is -2.56. The fourth-order valence-corrected chi connectivity index (χ4v) is 7.34. The third kappa shape index (κ3) is 15.9. The Kier molecular flexibility index (Phi) is 19.6. The summed E-state index contributed by atoms with van der Waals surface area (Å²) in [5.74, 6) is -7.01. The van der Waals surface area contributed by atoms with Gasteiger partial charge in [0.25, 0.3) is 17.8 Å². The van der Waals surface area contributed by atoms with Crippen LogP contribution in [0.15, 0.2) is 36.4 Å². The number of halogens is 4. The summed E-state index contributed by atoms with van der Waals surface area (Å²) in [6, 6.07) is 8.76. The van der Waals surface area contributed by atoms with E-state index >= 15 is 0 Å². The van der Waals surface area contributed by atoms with E-state index in [0.717, 1.165) is 0 Å². The number of ether oxygens (including phenoxy) is 2. The van der Waals surface area contributed by atoms with Crippen LogP contribution in [0, 0.1) is 11.8 Å². The number of Topliss-reactive ketones (excluding diaryl/α,β-unsaturated/α-hetero) is 2. The van der Waals surface area contributed by atoms with Crippen molar-refractivity contribution in [2.24, 2.45) is 11.8 Å². The Hall–Kier alpha value is -4.19. The topological polar surface area (TPSA) is 216 Å². The minimum atomic E-state index is -1.42. The van der Waals surface area contributed by atoms with Gasteiger partial charge >= 0.3 is 26.2 Å². The first-order chi connectivity index (χ1) is 29.3. The largest absolute Gasteiger partial charge is 0.551 e. The summed E-state index contributed by atoms with van der Waals surface area (Å²) in [5.41, 5.74) is 0.261. The monoisotopic (exact) mass is 940 g/mol. The minimum Gasteiger partial charge on any atom is -0.509 e. The highest BCUT2D eigenvalue weighted by molar-refractivity contribution is 6.50. The van der Waals surface area contributed by atoms with Gasteiger partial charge in [-0.05, 0) is 61.1 Å². The minimum absolute atomic E-state index is 0.0190. The van der Waals surface area contributed by atoms with E-state index in [1.807, 2.05) is 27.7 Å². The standard InChI is InChI=1S/C40H46B2Cl4N2O14/c1-21(2)13-23(15-26(49)20-47-38(54)28-17-25(44)6-8-30(28)46)41-59-32(18-36(52)61-41)39(55)57-11-12-58-40(56)33-19-37(53)62-42(60-33)34(14-22(3)4)48-35(51)10-9-31(50)27-16-24(43)5-7-29(27)45/h5-8,16-17,21-23,32-34H,9-15,18-20H2,1-4H3,(H,47,54)(H,48,51)/t23-,32+,33+,34+/m1/s1. The lowest BCUT2D eigenvalue weighted by Gasteiger charge is -2.31. The van der Waals surface area contributed by atoms with Gasteiger partial charge in [0.1, 0.15) is 13.2 Å². The molecule has 2 fully saturated rings. The molecule has 2 aromatic rings. The van der Waals surface area contributed by atoms with Gasteiger partial charge < -0.3 is 38.7 Å². The third-order valence-corrected chi connectivity index (χ3v) is 10.5. The van der Waals surface area contributed by atoms with E-state index < -0.39 is 112 Å². The second-order valence-corrected chi connectivity index (χ2v) is 17.2. The highest BCUT2D eigenvalue weighted by Crippen LogP contribution is 2.31. The zero-order valence-corrected chi connectivity index (χ0v) is 37.4. The van der Waals surface area contributed by atoms with Gasteiger partial charge in [-0.25, -0.2) is 9.59 Å². The molecule has 0 unspecified atom stereocenters. The summed E-state index contributed by atoms with van der Waals surface area (Å²) in [4.78, 5) is 102. The molecule has 334 valence electrons. The van der Waals surface area contributed by atoms with Gasteiger partial charge in [0, 0.05) is 40.7 Å². The predicted molar refractivity (Wildman–Crippen MR) is 228 cm³/mol. The molecule has 2 aliphatic rings. The first kappa shape index (κ1) is 50.5. The highest BCUT2D eigenvalue weighted by Gasteiger charge is 2.46. The average Bonchev–Trinajstić information content (AvgIpc) is 3.20. The number of ketones is 2. The molecule has 0 bridgehead atoms. The van der Waals surface area contributed by atoms with E-state index in [0.29, 0.717) is 11.4 Å². The Morgan fingerprint density at radius 1 is 0.726 bits per heavy atom. The van der Waals surface area contributed by atoms with E-state index in [2.05, 4.69) is 10.6 Å². The van der Waals surface area contributed by atoms with Crippen LogP contribution in [0.2, 0.25) is 25.9 Å². The van der Waals surface area contributed by atoms with Crippen molar-refractivity contribution < 1.29 is 66.4 Å². The molecule has 0 radical (unpaired) electrons. The molecular weight excluding hydrogens is 896 g/mol. The smallest absolute Gasteiger partial charge is 0.509 e. The molecule has 4 rings (SSSR count). The maximum Gasteiger partial charge on any atom is 0.551 e. The van der Waals surface area contributed by atoms with Crippen LogP contribution in [0.25, 0.3) is 0 Å². The van der Waals surface area contributed by atoms with Gasteiger partial charge in [-0.1, -0.05) is 74.1 Å². The lowest BCUT2D eigenvalue weighted by molar-refractivity contribution is -0.168. The molecule has 0 saturated carbocycles. The molecule has 2 heterocycles. The number of nitrogens with one attached hydrogen (secondary N) is 2. The Morgan fingerprint density at radius 3 is 1.81 bits per heavy atom. The van der Waals surface area contributed by atoms with Crippen LogP contribution in [0.4, 0.5) is 0 Å². The Morgan fingerprint density at radius 2 is 1.24 bits per heavy atom. The van der Waals surface area contributed by atoms with Crippen LogP contribution in [0.1, 0.15) is 93.4 Å². The maximum absolute atomic E-state index is 13.0. The Balaban J connectivity index is 1.26. The van der Waals surface area contributed by atoms with Crippen molar-refractivity contribution in [3.05, 3.63) is 67.6 Å². The Bertz CT molecular complexity index is 1870. The molecule has 2 aromatic carbocycles. The zero-order valence-electron chi connectivity index (χ0n) is 34.4. The molecule has 4 atom stereocenters. The van der Waals surface area contributed by atoms with Gasteiger partial charge in [-0.2, -0.15) is 0 Å². The van der Waals surface area contributed by atoms with Gasteiger partial charge in [0.15, 0.2) is 23.8 Å². The molecule has 16 nitrogen and oxygen atoms in total. The van der Waals surface area contributed by atoms with Crippen LogP contribution in [0.3, 0.4) is 0 Å². The molecule has 62 heavy (non-hydrogen) atoms. The Labute approximate surface area is 379 Å². The van der Waals surface area contributed by atoms with Crippen molar-refractivity contribution in [3.8, 4) is 0 Å². The lowest BCUT2D eigenvalue weighted by atomic mass is 9.64. The normalized spacial score (nSPS) is 17.5. The van der Waals surface area contributed by atoms with E-state index in [1.165, 1.54) is 36.4 Å². The van der Waals surface area contributed by atoms with E-state index in [1.54, 1.807) is 0 Å². The summed E-state index contributed by atoms with van der Waals surface area (Å²) < 4.78 is 32.8. The fourth-order valence-electron chi connectivity index (χ4n) is 6.57. The maximum atomic E-state index is 13.0. The third-order valence-electron chi connectivity index (χ3n) is 9.37. The van der Waals surface area contributed by atoms with Gasteiger partial charge in [-0.15, -0.1) is 0 Å². The predicted octanol–water partition coefficient (Wildman–Crippen LogP) is 5.87. The van der Waals surface area contributed by atoms with Gasteiger partial charge in [-0.3, -0.25) is 28.8 Å². The van der Waals surface area contributed by atoms with Crippen LogP contribution in [0.5, 0.6) is 0 Å². The fraction of sp³-hybridized carbons (Fsp3) is 0.500. The van der Waals surface area contributed by atoms with Gasteiger partial charge in [0.2, 0.25) is 5.91 Å². The molecule has 0 spiro atoms. The zero-order chi connectivity index (χ0) is 45.7. The molecule has 2 N–H and O–H groups in total. The number of hydrogen-bond donors (Lipinski definition) is 2. The molecule has 0 aromatic heterocycles. The van der Waals surface area contributed by atoms with E-state index in [-0.39, 0.29) is 70.3 Å². The highest BCUT2D eigenvalue weighted by atomic mass is 35.5. The number of esters is 2. The second kappa shape index (κ2) is 24.0. The first-order valence-electron chi connectivity index (χ1n) is 19.8. The van der Waals surface area contributed by atoms with Crippen molar-refractivity contribution in [3.63, 3.8) is 0 Å². The van der Waals surface area contributed by atoms with Crippen LogP contribution in [-0.4, -0.2) is 99.4 Å². The number of hydrogen-bond acceptors (Lipinski definition) is 14. The number of rotatable bonds is 21. The molecular formula is C40H46B2Cl4N2O14. The van der Waals surface area contributed by atoms with Crippen molar-refractivity contribution in [2.75, 3.05) is 19.8 Å².